The fourth-order valence-electron chi connectivity index (χ4n) is 3.14. The minimum atomic E-state index is 0.298. The first-order valence-electron chi connectivity index (χ1n) is 9.37. The maximum Gasteiger partial charge on any atom is 0.187 e. The number of ether oxygens (including phenoxy) is 1. The maximum absolute atomic E-state index is 6.18. The van der Waals surface area contributed by atoms with Gasteiger partial charge in [-0.2, -0.15) is 5.10 Å². The van der Waals surface area contributed by atoms with Crippen LogP contribution in [0.25, 0.3) is 0 Å². The van der Waals surface area contributed by atoms with Crippen LogP contribution < -0.4 is 15.5 Å². The second-order valence-electron chi connectivity index (χ2n) is 6.74. The normalized spacial score (nSPS) is 14.8. The summed E-state index contributed by atoms with van der Waals surface area (Å²) in [6, 6.07) is 13.5. The molecule has 0 saturated heterocycles. The maximum atomic E-state index is 6.18. The van der Waals surface area contributed by atoms with Gasteiger partial charge in [0.2, 0.25) is 0 Å². The first kappa shape index (κ1) is 20.9. The van der Waals surface area contributed by atoms with Gasteiger partial charge in [0.25, 0.3) is 0 Å². The van der Waals surface area contributed by atoms with Crippen molar-refractivity contribution < 1.29 is 4.74 Å². The van der Waals surface area contributed by atoms with Gasteiger partial charge in [0.15, 0.2) is 5.11 Å². The highest BCUT2D eigenvalue weighted by Gasteiger charge is 2.13. The van der Waals surface area contributed by atoms with Crippen molar-refractivity contribution in [1.29, 1.82) is 0 Å². The van der Waals surface area contributed by atoms with E-state index in [1.807, 2.05) is 30.3 Å². The molecular formula is C21H23Cl2N3OS. The van der Waals surface area contributed by atoms with Crippen molar-refractivity contribution in [3.05, 3.63) is 63.6 Å². The lowest BCUT2D eigenvalue weighted by Crippen LogP contribution is -2.40. The molecule has 0 radical (unpaired) electrons. The van der Waals surface area contributed by atoms with Gasteiger partial charge >= 0.3 is 0 Å². The Morgan fingerprint density at radius 3 is 2.57 bits per heavy atom. The lowest BCUT2D eigenvalue weighted by molar-refractivity contribution is 0.306. The third kappa shape index (κ3) is 6.36. The molecule has 0 aromatic heterocycles. The van der Waals surface area contributed by atoms with Crippen molar-refractivity contribution in [1.82, 2.24) is 10.7 Å². The topological polar surface area (TPSA) is 45.7 Å². The smallest absolute Gasteiger partial charge is 0.187 e. The van der Waals surface area contributed by atoms with E-state index >= 15 is 0 Å². The van der Waals surface area contributed by atoms with Crippen molar-refractivity contribution in [3.8, 4) is 5.75 Å². The zero-order valence-corrected chi connectivity index (χ0v) is 17.8. The molecular weight excluding hydrogens is 413 g/mol. The Labute approximate surface area is 181 Å². The zero-order chi connectivity index (χ0) is 19.8. The third-order valence-corrected chi connectivity index (χ3v) is 5.54. The zero-order valence-electron chi connectivity index (χ0n) is 15.5. The highest BCUT2D eigenvalue weighted by atomic mass is 35.5. The summed E-state index contributed by atoms with van der Waals surface area (Å²) < 4.78 is 5.83. The molecule has 4 nitrogen and oxygen atoms in total. The lowest BCUT2D eigenvalue weighted by atomic mass is 9.96. The molecule has 2 N–H and O–H groups in total. The van der Waals surface area contributed by atoms with Crippen LogP contribution in [0, 0.1) is 0 Å². The Bertz CT molecular complexity index is 818. The van der Waals surface area contributed by atoms with E-state index < -0.39 is 0 Å². The standard InChI is InChI=1S/C21H23Cl2N3OS/c22-19-10-5-11-20(23)18(19)14-27-17-9-4-6-15(12-17)13-24-26-21(28)25-16-7-2-1-3-8-16/h4-6,9-13,16H,1-3,7-8,14H2,(H2,25,26,28)/b24-13+. The average molecular weight is 436 g/mol. The molecule has 2 aromatic rings. The van der Waals surface area contributed by atoms with E-state index in [0.717, 1.165) is 11.1 Å². The summed E-state index contributed by atoms with van der Waals surface area (Å²) in [5.74, 6) is 0.711. The fourth-order valence-corrected chi connectivity index (χ4v) is 3.87. The predicted molar refractivity (Wildman–Crippen MR) is 121 cm³/mol. The second-order valence-corrected chi connectivity index (χ2v) is 7.96. The Morgan fingerprint density at radius 1 is 1.11 bits per heavy atom. The molecule has 0 amide bonds. The van der Waals surface area contributed by atoms with E-state index in [-0.39, 0.29) is 0 Å². The highest BCUT2D eigenvalue weighted by molar-refractivity contribution is 7.80. The number of hydrogen-bond acceptors (Lipinski definition) is 3. The summed E-state index contributed by atoms with van der Waals surface area (Å²) in [5, 5.41) is 9.28. The Balaban J connectivity index is 1.51. The van der Waals surface area contributed by atoms with E-state index in [9.17, 15) is 0 Å². The molecule has 1 fully saturated rings. The van der Waals surface area contributed by atoms with Crippen LogP contribution in [0.2, 0.25) is 10.0 Å². The minimum absolute atomic E-state index is 0.298. The first-order valence-corrected chi connectivity index (χ1v) is 10.5. The molecule has 1 aliphatic rings. The van der Waals surface area contributed by atoms with Gasteiger partial charge in [-0.3, -0.25) is 5.43 Å². The number of halogens is 2. The van der Waals surface area contributed by atoms with Gasteiger partial charge in [-0.25, -0.2) is 0 Å². The molecule has 0 bridgehead atoms. The molecule has 0 unspecified atom stereocenters. The van der Waals surface area contributed by atoms with E-state index in [2.05, 4.69) is 15.8 Å². The first-order chi connectivity index (χ1) is 13.6. The molecule has 7 heteroatoms. The van der Waals surface area contributed by atoms with Gasteiger partial charge in [-0.1, -0.05) is 60.7 Å². The average Bonchev–Trinajstić information content (AvgIpc) is 2.69. The van der Waals surface area contributed by atoms with Crippen LogP contribution in [0.3, 0.4) is 0 Å². The molecule has 1 aliphatic carbocycles. The molecule has 0 spiro atoms. The van der Waals surface area contributed by atoms with E-state index in [4.69, 9.17) is 40.2 Å². The molecule has 0 aliphatic heterocycles. The van der Waals surface area contributed by atoms with Crippen LogP contribution >= 0.6 is 35.4 Å². The molecule has 0 atom stereocenters. The van der Waals surface area contributed by atoms with E-state index in [1.54, 1.807) is 18.3 Å². The summed E-state index contributed by atoms with van der Waals surface area (Å²) >= 11 is 17.7. The molecule has 3 rings (SSSR count). The van der Waals surface area contributed by atoms with Crippen molar-refractivity contribution in [2.24, 2.45) is 5.10 Å². The van der Waals surface area contributed by atoms with Crippen LogP contribution in [-0.2, 0) is 6.61 Å². The summed E-state index contributed by atoms with van der Waals surface area (Å²) in [4.78, 5) is 0. The predicted octanol–water partition coefficient (Wildman–Crippen LogP) is 5.70. The largest absolute Gasteiger partial charge is 0.489 e. The fraction of sp³-hybridized carbons (Fsp3) is 0.333. The van der Waals surface area contributed by atoms with Crippen LogP contribution in [0.4, 0.5) is 0 Å². The Kier molecular flexibility index (Phi) is 7.95. The lowest BCUT2D eigenvalue weighted by Gasteiger charge is -2.23. The van der Waals surface area contributed by atoms with Crippen LogP contribution in [0.15, 0.2) is 47.6 Å². The van der Waals surface area contributed by atoms with Crippen molar-refractivity contribution in [2.45, 2.75) is 44.8 Å². The Morgan fingerprint density at radius 2 is 1.82 bits per heavy atom. The van der Waals surface area contributed by atoms with Gasteiger partial charge in [-0.15, -0.1) is 0 Å². The van der Waals surface area contributed by atoms with Crippen molar-refractivity contribution >= 4 is 46.7 Å². The second kappa shape index (κ2) is 10.6. The van der Waals surface area contributed by atoms with Crippen LogP contribution in [0.1, 0.15) is 43.2 Å². The number of thiocarbonyl (C=S) groups is 1. The van der Waals surface area contributed by atoms with Crippen LogP contribution in [-0.4, -0.2) is 17.4 Å². The van der Waals surface area contributed by atoms with Gasteiger partial charge in [-0.05, 0) is 54.9 Å². The van der Waals surface area contributed by atoms with Gasteiger partial charge in [0.05, 0.1) is 6.21 Å². The molecule has 28 heavy (non-hydrogen) atoms. The monoisotopic (exact) mass is 435 g/mol. The van der Waals surface area contributed by atoms with Gasteiger partial charge < -0.3 is 10.1 Å². The SMILES string of the molecule is S=C(N/N=C/c1cccc(OCc2c(Cl)cccc2Cl)c1)NC1CCCCC1. The summed E-state index contributed by atoms with van der Waals surface area (Å²) in [7, 11) is 0. The molecule has 148 valence electrons. The highest BCUT2D eigenvalue weighted by Crippen LogP contribution is 2.26. The molecule has 0 heterocycles. The quantitative estimate of drug-likeness (QED) is 0.346. The number of hydrazone groups is 1. The molecule has 1 saturated carbocycles. The van der Waals surface area contributed by atoms with Crippen molar-refractivity contribution in [3.63, 3.8) is 0 Å². The summed E-state index contributed by atoms with van der Waals surface area (Å²) in [6.45, 7) is 0.298. The summed E-state index contributed by atoms with van der Waals surface area (Å²) in [6.07, 6.45) is 7.88. The number of rotatable bonds is 6. The third-order valence-electron chi connectivity index (χ3n) is 4.62. The van der Waals surface area contributed by atoms with E-state index in [1.165, 1.54) is 32.1 Å². The number of nitrogens with one attached hydrogen (secondary N) is 2. The van der Waals surface area contributed by atoms with E-state index in [0.29, 0.717) is 33.6 Å². The number of benzene rings is 2. The number of nitrogens with zero attached hydrogens (tertiary/aromatic N) is 1. The Hall–Kier alpha value is -1.82. The number of hydrogen-bond donors (Lipinski definition) is 2. The summed E-state index contributed by atoms with van der Waals surface area (Å²) in [5.41, 5.74) is 4.55. The van der Waals surface area contributed by atoms with Gasteiger partial charge in [0.1, 0.15) is 12.4 Å². The molecule has 2 aromatic carbocycles. The van der Waals surface area contributed by atoms with Gasteiger partial charge in [0, 0.05) is 21.7 Å². The van der Waals surface area contributed by atoms with Crippen LogP contribution in [0.5, 0.6) is 5.75 Å². The van der Waals surface area contributed by atoms with Crippen molar-refractivity contribution in [2.75, 3.05) is 0 Å². The minimum Gasteiger partial charge on any atom is -0.489 e.